The second-order valence-corrected chi connectivity index (χ2v) is 5.36. The molecule has 1 aromatic carbocycles. The Morgan fingerprint density at radius 2 is 1.90 bits per heavy atom. The highest BCUT2D eigenvalue weighted by Gasteiger charge is 2.31. The van der Waals surface area contributed by atoms with Gasteiger partial charge in [-0.1, -0.05) is 22.0 Å². The first-order valence-electron chi connectivity index (χ1n) is 5.83. The zero-order valence-corrected chi connectivity index (χ0v) is 12.2. The summed E-state index contributed by atoms with van der Waals surface area (Å²) < 4.78 is 38.8. The molecule has 0 aliphatic heterocycles. The fourth-order valence-electron chi connectivity index (χ4n) is 1.89. The zero-order valence-electron chi connectivity index (χ0n) is 10.6. The minimum Gasteiger partial charge on any atom is -0.320 e. The lowest BCUT2D eigenvalue weighted by atomic mass is 9.98. The summed E-state index contributed by atoms with van der Waals surface area (Å²) in [6, 6.07) is 4.59. The average molecular weight is 345 g/mol. The summed E-state index contributed by atoms with van der Waals surface area (Å²) in [7, 11) is 0. The van der Waals surface area contributed by atoms with Crippen LogP contribution in [0.25, 0.3) is 0 Å². The Morgan fingerprint density at radius 3 is 2.50 bits per heavy atom. The quantitative estimate of drug-likeness (QED) is 0.885. The molecule has 1 unspecified atom stereocenters. The number of hydrogen-bond donors (Lipinski definition) is 1. The summed E-state index contributed by atoms with van der Waals surface area (Å²) in [6.07, 6.45) is -1.16. The van der Waals surface area contributed by atoms with Gasteiger partial charge in [-0.2, -0.15) is 13.2 Å². The number of aromatic nitrogens is 1. The number of halogens is 4. The van der Waals surface area contributed by atoms with E-state index in [2.05, 4.69) is 20.9 Å². The zero-order chi connectivity index (χ0) is 14.9. The standard InChI is InChI=1S/C14H12BrF3N2/c1-8-4-9(7-20-6-8)13(19)11-5-10(14(16,17)18)2-3-12(11)15/h2-7,13H,19H2,1H3. The Kier molecular flexibility index (Phi) is 4.15. The molecule has 1 heterocycles. The number of aryl methyl sites for hydroxylation is 1. The summed E-state index contributed by atoms with van der Waals surface area (Å²) in [6.45, 7) is 1.85. The van der Waals surface area contributed by atoms with Crippen molar-refractivity contribution in [2.75, 3.05) is 0 Å². The maximum Gasteiger partial charge on any atom is 0.416 e. The molecular formula is C14H12BrF3N2. The van der Waals surface area contributed by atoms with Crippen LogP contribution in [0.3, 0.4) is 0 Å². The maximum atomic E-state index is 12.8. The molecular weight excluding hydrogens is 333 g/mol. The van der Waals surface area contributed by atoms with Crippen LogP contribution in [0.5, 0.6) is 0 Å². The van der Waals surface area contributed by atoms with Crippen molar-refractivity contribution < 1.29 is 13.2 Å². The second kappa shape index (κ2) is 5.54. The maximum absolute atomic E-state index is 12.8. The summed E-state index contributed by atoms with van der Waals surface area (Å²) >= 11 is 3.25. The second-order valence-electron chi connectivity index (χ2n) is 4.51. The molecule has 0 amide bonds. The topological polar surface area (TPSA) is 38.9 Å². The van der Waals surface area contributed by atoms with Gasteiger partial charge >= 0.3 is 6.18 Å². The van der Waals surface area contributed by atoms with Crippen LogP contribution < -0.4 is 5.73 Å². The Hall–Kier alpha value is -1.40. The van der Waals surface area contributed by atoms with Crippen molar-refractivity contribution in [1.29, 1.82) is 0 Å². The van der Waals surface area contributed by atoms with Gasteiger partial charge in [0, 0.05) is 16.9 Å². The molecule has 0 fully saturated rings. The lowest BCUT2D eigenvalue weighted by molar-refractivity contribution is -0.137. The summed E-state index contributed by atoms with van der Waals surface area (Å²) in [5.41, 5.74) is 7.30. The van der Waals surface area contributed by atoms with Crippen molar-refractivity contribution in [1.82, 2.24) is 4.98 Å². The fraction of sp³-hybridized carbons (Fsp3) is 0.214. The van der Waals surface area contributed by atoms with E-state index in [-0.39, 0.29) is 0 Å². The Bertz CT molecular complexity index is 626. The molecule has 0 aliphatic rings. The van der Waals surface area contributed by atoms with Crippen LogP contribution in [0.4, 0.5) is 13.2 Å². The highest BCUT2D eigenvalue weighted by atomic mass is 79.9. The van der Waals surface area contributed by atoms with E-state index in [1.807, 2.05) is 13.0 Å². The van der Waals surface area contributed by atoms with Crippen molar-refractivity contribution >= 4 is 15.9 Å². The number of hydrogen-bond acceptors (Lipinski definition) is 2. The van der Waals surface area contributed by atoms with Crippen LogP contribution in [0.2, 0.25) is 0 Å². The number of rotatable bonds is 2. The van der Waals surface area contributed by atoms with E-state index in [9.17, 15) is 13.2 Å². The molecule has 0 saturated carbocycles. The molecule has 0 saturated heterocycles. The van der Waals surface area contributed by atoms with E-state index < -0.39 is 17.8 Å². The van der Waals surface area contributed by atoms with Crippen LogP contribution in [-0.2, 0) is 6.18 Å². The number of benzene rings is 1. The minimum absolute atomic E-state index is 0.382. The molecule has 0 bridgehead atoms. The van der Waals surface area contributed by atoms with Gasteiger partial charge in [0.05, 0.1) is 11.6 Å². The summed E-state index contributed by atoms with van der Waals surface area (Å²) in [4.78, 5) is 4.01. The molecule has 2 N–H and O–H groups in total. The molecule has 2 nitrogen and oxygen atoms in total. The predicted molar refractivity (Wildman–Crippen MR) is 74.1 cm³/mol. The smallest absolute Gasteiger partial charge is 0.320 e. The molecule has 20 heavy (non-hydrogen) atoms. The minimum atomic E-state index is -4.39. The van der Waals surface area contributed by atoms with Crippen LogP contribution in [0.1, 0.15) is 28.3 Å². The number of nitrogens with zero attached hydrogens (tertiary/aromatic N) is 1. The van der Waals surface area contributed by atoms with E-state index in [1.54, 1.807) is 12.4 Å². The van der Waals surface area contributed by atoms with Gasteiger partial charge in [0.1, 0.15) is 0 Å². The van der Waals surface area contributed by atoms with Gasteiger partial charge < -0.3 is 5.73 Å². The highest BCUT2D eigenvalue weighted by Crippen LogP contribution is 2.34. The van der Waals surface area contributed by atoms with E-state index in [0.717, 1.165) is 17.7 Å². The van der Waals surface area contributed by atoms with E-state index in [4.69, 9.17) is 5.73 Å². The van der Waals surface area contributed by atoms with Crippen LogP contribution in [0.15, 0.2) is 41.1 Å². The largest absolute Gasteiger partial charge is 0.416 e. The van der Waals surface area contributed by atoms with Crippen molar-refractivity contribution in [3.05, 3.63) is 63.4 Å². The predicted octanol–water partition coefficient (Wildman–Crippen LogP) is 4.22. The summed E-state index contributed by atoms with van der Waals surface area (Å²) in [5.74, 6) is 0. The van der Waals surface area contributed by atoms with Crippen LogP contribution >= 0.6 is 15.9 Å². The molecule has 2 aromatic rings. The average Bonchev–Trinajstić information content (AvgIpc) is 2.37. The Labute approximate surface area is 123 Å². The monoisotopic (exact) mass is 344 g/mol. The van der Waals surface area contributed by atoms with Crippen LogP contribution in [0, 0.1) is 6.92 Å². The third kappa shape index (κ3) is 3.19. The van der Waals surface area contributed by atoms with Gasteiger partial charge in [0.2, 0.25) is 0 Å². The first kappa shape index (κ1) is 15.0. The number of pyridine rings is 1. The number of nitrogens with two attached hydrogens (primary N) is 1. The number of alkyl halides is 3. The van der Waals surface area contributed by atoms with Crippen molar-refractivity contribution in [3.8, 4) is 0 Å². The molecule has 1 aromatic heterocycles. The third-order valence-corrected chi connectivity index (χ3v) is 3.64. The van der Waals surface area contributed by atoms with Gasteiger partial charge in [0.15, 0.2) is 0 Å². The first-order valence-corrected chi connectivity index (χ1v) is 6.62. The van der Waals surface area contributed by atoms with Crippen molar-refractivity contribution in [2.45, 2.75) is 19.1 Å². The molecule has 0 radical (unpaired) electrons. The van der Waals surface area contributed by atoms with Gasteiger partial charge in [-0.05, 0) is 41.8 Å². The van der Waals surface area contributed by atoms with Crippen molar-refractivity contribution in [2.24, 2.45) is 5.73 Å². The van der Waals surface area contributed by atoms with Crippen LogP contribution in [-0.4, -0.2) is 4.98 Å². The summed E-state index contributed by atoms with van der Waals surface area (Å²) in [5, 5.41) is 0. The first-order chi connectivity index (χ1) is 9.29. The lowest BCUT2D eigenvalue weighted by Crippen LogP contribution is -2.15. The van der Waals surface area contributed by atoms with E-state index >= 15 is 0 Å². The fourth-order valence-corrected chi connectivity index (χ4v) is 2.38. The normalized spacial score (nSPS) is 13.3. The highest BCUT2D eigenvalue weighted by molar-refractivity contribution is 9.10. The molecule has 6 heteroatoms. The third-order valence-electron chi connectivity index (χ3n) is 2.91. The van der Waals surface area contributed by atoms with Gasteiger partial charge in [-0.3, -0.25) is 4.98 Å². The molecule has 0 spiro atoms. The molecule has 2 rings (SSSR count). The molecule has 1 atom stereocenters. The van der Waals surface area contributed by atoms with Crippen molar-refractivity contribution in [3.63, 3.8) is 0 Å². The Balaban J connectivity index is 2.46. The Morgan fingerprint density at radius 1 is 1.20 bits per heavy atom. The van der Waals surface area contributed by atoms with E-state index in [1.165, 1.54) is 6.07 Å². The van der Waals surface area contributed by atoms with E-state index in [0.29, 0.717) is 15.6 Å². The van der Waals surface area contributed by atoms with Gasteiger partial charge in [-0.25, -0.2) is 0 Å². The molecule has 0 aliphatic carbocycles. The van der Waals surface area contributed by atoms with Gasteiger partial charge in [-0.15, -0.1) is 0 Å². The SMILES string of the molecule is Cc1cncc(C(N)c2cc(C(F)(F)F)ccc2Br)c1. The lowest BCUT2D eigenvalue weighted by Gasteiger charge is -2.17. The molecule has 106 valence electrons. The van der Waals surface area contributed by atoms with Gasteiger partial charge in [0.25, 0.3) is 0 Å².